The van der Waals surface area contributed by atoms with Crippen LogP contribution in [0.4, 0.5) is 0 Å². The summed E-state index contributed by atoms with van der Waals surface area (Å²) in [4.78, 5) is 34.8. The third-order valence-electron chi connectivity index (χ3n) is 3.50. The van der Waals surface area contributed by atoms with Crippen molar-refractivity contribution in [3.8, 4) is 11.5 Å². The predicted molar refractivity (Wildman–Crippen MR) is 97.0 cm³/mol. The molecule has 0 aliphatic carbocycles. The standard InChI is InChI=1S/C15H20IN3O6/c1-15(17,7-8-2-4-10(20)11(21)6-8)14(25)18-9(13(23)24)3-5-12(22)19-16/h2,4,6,9,20-21H,3,5,7,17H2,1H3,(H,18,25)(H,19,22)(H,23,24)/t9-,15+/m0/s1. The quantitative estimate of drug-likeness (QED) is 0.181. The number of carbonyl (C=O) groups is 3. The molecule has 0 aromatic heterocycles. The zero-order valence-electron chi connectivity index (χ0n) is 13.5. The number of phenols is 2. The third-order valence-corrected chi connectivity index (χ3v) is 4.10. The van der Waals surface area contributed by atoms with Crippen molar-refractivity contribution in [3.05, 3.63) is 23.8 Å². The summed E-state index contributed by atoms with van der Waals surface area (Å²) in [5.41, 5.74) is 5.02. The minimum atomic E-state index is -1.46. The van der Waals surface area contributed by atoms with Gasteiger partial charge >= 0.3 is 5.97 Å². The summed E-state index contributed by atoms with van der Waals surface area (Å²) in [7, 11) is 0. The molecule has 1 aromatic rings. The van der Waals surface area contributed by atoms with Gasteiger partial charge in [-0.3, -0.25) is 13.1 Å². The molecular formula is C15H20IN3O6. The Morgan fingerprint density at radius 1 is 1.28 bits per heavy atom. The fourth-order valence-corrected chi connectivity index (χ4v) is 2.36. The Balaban J connectivity index is 2.78. The van der Waals surface area contributed by atoms with Crippen LogP contribution in [0, 0.1) is 0 Å². The number of aromatic hydroxyl groups is 2. The van der Waals surface area contributed by atoms with Gasteiger partial charge in [-0.15, -0.1) is 0 Å². The third kappa shape index (κ3) is 6.38. The van der Waals surface area contributed by atoms with E-state index in [1.807, 2.05) is 0 Å². The van der Waals surface area contributed by atoms with Crippen molar-refractivity contribution in [2.75, 3.05) is 0 Å². The molecule has 0 radical (unpaired) electrons. The van der Waals surface area contributed by atoms with Gasteiger partial charge in [0.05, 0.1) is 28.4 Å². The van der Waals surface area contributed by atoms with E-state index in [0.29, 0.717) is 5.56 Å². The lowest BCUT2D eigenvalue weighted by Crippen LogP contribution is -2.57. The zero-order valence-corrected chi connectivity index (χ0v) is 15.6. The highest BCUT2D eigenvalue weighted by Gasteiger charge is 2.32. The molecule has 0 fully saturated rings. The van der Waals surface area contributed by atoms with Crippen molar-refractivity contribution in [1.82, 2.24) is 8.85 Å². The lowest BCUT2D eigenvalue weighted by molar-refractivity contribution is -0.143. The summed E-state index contributed by atoms with van der Waals surface area (Å²) in [5, 5.41) is 30.3. The summed E-state index contributed by atoms with van der Waals surface area (Å²) in [6.45, 7) is 1.42. The Kier molecular flexibility index (Phi) is 7.42. The minimum absolute atomic E-state index is 0.00719. The number of carboxylic acids is 1. The van der Waals surface area contributed by atoms with Crippen LogP contribution in [-0.2, 0) is 20.8 Å². The first-order chi connectivity index (χ1) is 11.6. The Morgan fingerprint density at radius 3 is 2.44 bits per heavy atom. The van der Waals surface area contributed by atoms with Crippen molar-refractivity contribution in [3.63, 3.8) is 0 Å². The molecule has 25 heavy (non-hydrogen) atoms. The highest BCUT2D eigenvalue weighted by Crippen LogP contribution is 2.26. The van der Waals surface area contributed by atoms with E-state index in [4.69, 9.17) is 5.73 Å². The fourth-order valence-electron chi connectivity index (χ4n) is 2.09. The van der Waals surface area contributed by atoms with Gasteiger partial charge < -0.3 is 26.4 Å². The number of carbonyl (C=O) groups excluding carboxylic acids is 2. The van der Waals surface area contributed by atoms with Crippen molar-refractivity contribution >= 4 is 40.6 Å². The number of benzene rings is 1. The Hall–Kier alpha value is -2.08. The van der Waals surface area contributed by atoms with Crippen LogP contribution < -0.4 is 14.6 Å². The highest BCUT2D eigenvalue weighted by molar-refractivity contribution is 14.1. The number of amides is 2. The van der Waals surface area contributed by atoms with Crippen molar-refractivity contribution in [2.24, 2.45) is 5.73 Å². The molecular weight excluding hydrogens is 445 g/mol. The van der Waals surface area contributed by atoms with E-state index in [1.54, 1.807) is 22.9 Å². The Labute approximate surface area is 158 Å². The molecule has 10 heteroatoms. The second-order valence-corrected chi connectivity index (χ2v) is 6.38. The number of nitrogens with one attached hydrogen (secondary N) is 2. The maximum absolute atomic E-state index is 12.3. The molecule has 1 aromatic carbocycles. The van der Waals surface area contributed by atoms with E-state index in [-0.39, 0.29) is 36.7 Å². The van der Waals surface area contributed by atoms with Gasteiger partial charge in [0.1, 0.15) is 6.04 Å². The summed E-state index contributed by atoms with van der Waals surface area (Å²) in [6.07, 6.45) is -0.132. The molecule has 7 N–H and O–H groups in total. The maximum atomic E-state index is 12.3. The first-order valence-electron chi connectivity index (χ1n) is 7.30. The lowest BCUT2D eigenvalue weighted by Gasteiger charge is -2.26. The molecule has 2 amide bonds. The molecule has 1 rings (SSSR count). The lowest BCUT2D eigenvalue weighted by atomic mass is 9.92. The van der Waals surface area contributed by atoms with E-state index < -0.39 is 23.5 Å². The number of rotatable bonds is 8. The Bertz CT molecular complexity index is 665. The molecule has 0 aliphatic heterocycles. The van der Waals surface area contributed by atoms with Crippen LogP contribution in [0.25, 0.3) is 0 Å². The molecule has 0 bridgehead atoms. The number of carboxylic acid groups (broad SMARTS) is 1. The van der Waals surface area contributed by atoms with Gasteiger partial charge in [-0.1, -0.05) is 6.07 Å². The largest absolute Gasteiger partial charge is 0.504 e. The van der Waals surface area contributed by atoms with Crippen LogP contribution in [-0.4, -0.2) is 44.7 Å². The SMILES string of the molecule is C[C@@](N)(Cc1ccc(O)c(O)c1)C(=O)N[C@@H](CCC(=O)NI)C(=O)O. The monoisotopic (exact) mass is 465 g/mol. The van der Waals surface area contributed by atoms with Gasteiger partial charge in [0, 0.05) is 6.42 Å². The zero-order chi connectivity index (χ0) is 19.2. The van der Waals surface area contributed by atoms with Gasteiger partial charge in [0.15, 0.2) is 11.5 Å². The van der Waals surface area contributed by atoms with E-state index in [1.165, 1.54) is 25.1 Å². The molecule has 2 atom stereocenters. The van der Waals surface area contributed by atoms with Gasteiger partial charge in [-0.25, -0.2) is 4.79 Å². The van der Waals surface area contributed by atoms with Gasteiger partial charge in [0.2, 0.25) is 11.8 Å². The molecule has 0 aliphatic rings. The topological polar surface area (TPSA) is 162 Å². The minimum Gasteiger partial charge on any atom is -0.504 e. The van der Waals surface area contributed by atoms with Crippen LogP contribution in [0.2, 0.25) is 0 Å². The normalized spacial score (nSPS) is 14.2. The molecule has 0 spiro atoms. The number of aliphatic carboxylic acids is 1. The number of hydrogen-bond acceptors (Lipinski definition) is 6. The van der Waals surface area contributed by atoms with Crippen LogP contribution >= 0.6 is 22.9 Å². The summed E-state index contributed by atoms with van der Waals surface area (Å²) in [5.74, 6) is -2.97. The van der Waals surface area contributed by atoms with E-state index in [0.717, 1.165) is 0 Å². The van der Waals surface area contributed by atoms with E-state index in [9.17, 15) is 29.7 Å². The Morgan fingerprint density at radius 2 is 1.92 bits per heavy atom. The van der Waals surface area contributed by atoms with E-state index in [2.05, 4.69) is 8.85 Å². The van der Waals surface area contributed by atoms with Gasteiger partial charge in [-0.2, -0.15) is 0 Å². The summed E-state index contributed by atoms with van der Waals surface area (Å²) >= 11 is 1.64. The van der Waals surface area contributed by atoms with Gasteiger partial charge in [-0.05, 0) is 37.5 Å². The molecule has 0 saturated heterocycles. The fraction of sp³-hybridized carbons (Fsp3) is 0.400. The highest BCUT2D eigenvalue weighted by atomic mass is 127. The van der Waals surface area contributed by atoms with Crippen LogP contribution in [0.15, 0.2) is 18.2 Å². The summed E-state index contributed by atoms with van der Waals surface area (Å²) < 4.78 is 2.34. The molecule has 0 heterocycles. The first-order valence-corrected chi connectivity index (χ1v) is 8.37. The molecule has 0 saturated carbocycles. The summed E-state index contributed by atoms with van der Waals surface area (Å²) in [6, 6.07) is 2.78. The van der Waals surface area contributed by atoms with E-state index >= 15 is 0 Å². The van der Waals surface area contributed by atoms with Crippen molar-refractivity contribution in [2.45, 2.75) is 37.8 Å². The average Bonchev–Trinajstić information content (AvgIpc) is 2.53. The first kappa shape index (κ1) is 21.0. The number of phenolic OH excluding ortho intramolecular Hbond substituents is 2. The second kappa shape index (κ2) is 8.85. The molecule has 138 valence electrons. The smallest absolute Gasteiger partial charge is 0.326 e. The molecule has 9 nitrogen and oxygen atoms in total. The number of nitrogens with two attached hydrogens (primary N) is 1. The second-order valence-electron chi connectivity index (χ2n) is 5.84. The average molecular weight is 465 g/mol. The van der Waals surface area contributed by atoms with Crippen LogP contribution in [0.3, 0.4) is 0 Å². The van der Waals surface area contributed by atoms with Crippen LogP contribution in [0.1, 0.15) is 25.3 Å². The molecule has 0 unspecified atom stereocenters. The predicted octanol–water partition coefficient (Wildman–Crippen LogP) is 0.173. The van der Waals surface area contributed by atoms with Crippen LogP contribution in [0.5, 0.6) is 11.5 Å². The number of hydrogen-bond donors (Lipinski definition) is 6. The number of halogens is 1. The van der Waals surface area contributed by atoms with Gasteiger partial charge in [0.25, 0.3) is 0 Å². The maximum Gasteiger partial charge on any atom is 0.326 e. The van der Waals surface area contributed by atoms with Crippen molar-refractivity contribution < 1.29 is 29.7 Å². The van der Waals surface area contributed by atoms with Crippen molar-refractivity contribution in [1.29, 1.82) is 0 Å².